The summed E-state index contributed by atoms with van der Waals surface area (Å²) in [6, 6.07) is 3.15. The molecule has 0 spiro atoms. The molecule has 1 aromatic carbocycles. The molecule has 0 saturated carbocycles. The van der Waals surface area contributed by atoms with E-state index in [2.05, 4.69) is 21.5 Å². The third kappa shape index (κ3) is 6.06. The Morgan fingerprint density at radius 3 is 2.29 bits per heavy atom. The Bertz CT molecular complexity index is 721. The summed E-state index contributed by atoms with van der Waals surface area (Å²) in [6.07, 6.45) is -4.62. The Morgan fingerprint density at radius 2 is 1.71 bits per heavy atom. The first-order valence-electron chi connectivity index (χ1n) is 8.63. The summed E-state index contributed by atoms with van der Waals surface area (Å²) in [7, 11) is 1.57. The van der Waals surface area contributed by atoms with Crippen LogP contribution in [0.5, 0.6) is 0 Å². The second kappa shape index (κ2) is 9.08. The van der Waals surface area contributed by atoms with Crippen LogP contribution in [0, 0.1) is 0 Å². The third-order valence-electron chi connectivity index (χ3n) is 4.33. The molecular weight excluding hydrogens is 399 g/mol. The third-order valence-corrected chi connectivity index (χ3v) is 4.66. The van der Waals surface area contributed by atoms with Gasteiger partial charge in [0.2, 0.25) is 11.8 Å². The zero-order chi connectivity index (χ0) is 21.1. The molecule has 1 saturated heterocycles. The number of anilines is 1. The van der Waals surface area contributed by atoms with Crippen LogP contribution in [-0.4, -0.2) is 55.0 Å². The number of hydrogen-bond donors (Lipinski definition) is 4. The zero-order valence-corrected chi connectivity index (χ0v) is 16.4. The normalized spacial score (nSPS) is 22.4. The summed E-state index contributed by atoms with van der Waals surface area (Å²) in [5.74, 6) is -0.799. The molecule has 0 aliphatic carbocycles. The van der Waals surface area contributed by atoms with Gasteiger partial charge >= 0.3 is 6.18 Å². The van der Waals surface area contributed by atoms with E-state index in [1.165, 1.54) is 11.0 Å². The van der Waals surface area contributed by atoms with Gasteiger partial charge in [-0.25, -0.2) is 0 Å². The van der Waals surface area contributed by atoms with E-state index in [1.807, 2.05) is 13.8 Å². The van der Waals surface area contributed by atoms with Crippen LogP contribution in [0.25, 0.3) is 0 Å². The quantitative estimate of drug-likeness (QED) is 0.560. The van der Waals surface area contributed by atoms with Crippen molar-refractivity contribution in [1.82, 2.24) is 21.1 Å². The standard InChI is InChI=1S/C17H23ClF3N5O2/c1-9-16(10(2)25-24-9)23-15(28)8-26(3)7-14(27)22-11-4-5-13(18)12(6-11)17(19,20)21/h4-6,9-10,16,24-25H,7-8H2,1-3H3,(H,22,27)(H,23,28). The van der Waals surface area contributed by atoms with Gasteiger partial charge in [0.25, 0.3) is 0 Å². The van der Waals surface area contributed by atoms with Gasteiger partial charge in [-0.3, -0.25) is 25.3 Å². The number of amides is 2. The van der Waals surface area contributed by atoms with Gasteiger partial charge in [0.1, 0.15) is 0 Å². The van der Waals surface area contributed by atoms with E-state index in [0.29, 0.717) is 0 Å². The number of halogens is 4. The maximum atomic E-state index is 12.9. The number of hydrogen-bond acceptors (Lipinski definition) is 5. The Morgan fingerprint density at radius 1 is 1.14 bits per heavy atom. The molecule has 7 nitrogen and oxygen atoms in total. The molecule has 1 heterocycles. The van der Waals surface area contributed by atoms with E-state index in [9.17, 15) is 22.8 Å². The fourth-order valence-corrected chi connectivity index (χ4v) is 3.15. The molecule has 0 bridgehead atoms. The first-order chi connectivity index (χ1) is 13.0. The van der Waals surface area contributed by atoms with Gasteiger partial charge in [0.05, 0.1) is 29.7 Å². The summed E-state index contributed by atoms with van der Waals surface area (Å²) in [4.78, 5) is 25.7. The van der Waals surface area contributed by atoms with Crippen LogP contribution in [0.3, 0.4) is 0 Å². The average Bonchev–Trinajstić information content (AvgIpc) is 2.87. The summed E-state index contributed by atoms with van der Waals surface area (Å²) in [5, 5.41) is 4.82. The van der Waals surface area contributed by atoms with Crippen molar-refractivity contribution in [3.63, 3.8) is 0 Å². The number of nitrogens with zero attached hydrogens (tertiary/aromatic N) is 1. The Balaban J connectivity index is 1.86. The van der Waals surface area contributed by atoms with Gasteiger partial charge in [-0.1, -0.05) is 11.6 Å². The highest BCUT2D eigenvalue weighted by Crippen LogP contribution is 2.36. The lowest BCUT2D eigenvalue weighted by atomic mass is 10.1. The van der Waals surface area contributed by atoms with E-state index >= 15 is 0 Å². The second-order valence-corrected chi connectivity index (χ2v) is 7.28. The van der Waals surface area contributed by atoms with Crippen molar-refractivity contribution in [2.24, 2.45) is 0 Å². The molecule has 2 rings (SSSR count). The van der Waals surface area contributed by atoms with Crippen molar-refractivity contribution < 1.29 is 22.8 Å². The van der Waals surface area contributed by atoms with E-state index < -0.39 is 22.7 Å². The zero-order valence-electron chi connectivity index (χ0n) is 15.7. The summed E-state index contributed by atoms with van der Waals surface area (Å²) < 4.78 is 38.6. The van der Waals surface area contributed by atoms with E-state index in [1.54, 1.807) is 7.05 Å². The van der Waals surface area contributed by atoms with Crippen LogP contribution in [0.15, 0.2) is 18.2 Å². The van der Waals surface area contributed by atoms with Gasteiger partial charge in [-0.15, -0.1) is 0 Å². The molecule has 2 amide bonds. The van der Waals surface area contributed by atoms with Crippen molar-refractivity contribution in [2.75, 3.05) is 25.5 Å². The highest BCUT2D eigenvalue weighted by atomic mass is 35.5. The number of alkyl halides is 3. The number of nitrogens with one attached hydrogen (secondary N) is 4. The largest absolute Gasteiger partial charge is 0.417 e. The monoisotopic (exact) mass is 421 g/mol. The van der Waals surface area contributed by atoms with Gasteiger partial charge in [-0.2, -0.15) is 13.2 Å². The molecule has 1 aliphatic rings. The molecule has 2 atom stereocenters. The first-order valence-corrected chi connectivity index (χ1v) is 9.00. The van der Waals surface area contributed by atoms with Crippen molar-refractivity contribution in [2.45, 2.75) is 38.1 Å². The molecule has 4 N–H and O–H groups in total. The van der Waals surface area contributed by atoms with Gasteiger partial charge in [0, 0.05) is 17.8 Å². The Hall–Kier alpha value is -1.88. The van der Waals surface area contributed by atoms with Gasteiger partial charge in [-0.05, 0) is 39.1 Å². The molecule has 1 fully saturated rings. The fraction of sp³-hybridized carbons (Fsp3) is 0.529. The van der Waals surface area contributed by atoms with Crippen LogP contribution in [0.1, 0.15) is 19.4 Å². The second-order valence-electron chi connectivity index (χ2n) is 6.87. The highest BCUT2D eigenvalue weighted by molar-refractivity contribution is 6.31. The maximum absolute atomic E-state index is 12.9. The van der Waals surface area contributed by atoms with E-state index in [-0.39, 0.29) is 42.8 Å². The van der Waals surface area contributed by atoms with Gasteiger partial charge in [0.15, 0.2) is 0 Å². The Labute approximate surface area is 165 Å². The topological polar surface area (TPSA) is 85.5 Å². The summed E-state index contributed by atoms with van der Waals surface area (Å²) in [6.45, 7) is 3.67. The SMILES string of the molecule is CC1NNC(C)C1NC(=O)CN(C)CC(=O)Nc1ccc(Cl)c(C(F)(F)F)c1. The number of carbonyl (C=O) groups is 2. The number of carbonyl (C=O) groups excluding carboxylic acids is 2. The van der Waals surface area contributed by atoms with Crippen molar-refractivity contribution in [3.05, 3.63) is 28.8 Å². The van der Waals surface area contributed by atoms with E-state index in [4.69, 9.17) is 11.6 Å². The number of likely N-dealkylation sites (N-methyl/N-ethyl adjacent to an activating group) is 1. The molecule has 28 heavy (non-hydrogen) atoms. The molecular formula is C17H23ClF3N5O2. The molecule has 156 valence electrons. The minimum absolute atomic E-state index is 0.0228. The lowest BCUT2D eigenvalue weighted by molar-refractivity contribution is -0.137. The fourth-order valence-electron chi connectivity index (χ4n) is 2.92. The maximum Gasteiger partial charge on any atom is 0.417 e. The van der Waals surface area contributed by atoms with Crippen LogP contribution in [-0.2, 0) is 15.8 Å². The minimum Gasteiger partial charge on any atom is -0.349 e. The molecule has 11 heteroatoms. The van der Waals surface area contributed by atoms with Crippen LogP contribution >= 0.6 is 11.6 Å². The smallest absolute Gasteiger partial charge is 0.349 e. The number of hydrazine groups is 1. The Kier molecular flexibility index (Phi) is 7.27. The van der Waals surface area contributed by atoms with Crippen molar-refractivity contribution in [3.8, 4) is 0 Å². The van der Waals surface area contributed by atoms with Crippen molar-refractivity contribution in [1.29, 1.82) is 0 Å². The number of rotatable bonds is 6. The van der Waals surface area contributed by atoms with Crippen molar-refractivity contribution >= 4 is 29.1 Å². The molecule has 0 radical (unpaired) electrons. The lowest BCUT2D eigenvalue weighted by Crippen LogP contribution is -2.49. The molecule has 0 aromatic heterocycles. The molecule has 2 unspecified atom stereocenters. The van der Waals surface area contributed by atoms with E-state index in [0.717, 1.165) is 12.1 Å². The minimum atomic E-state index is -4.62. The number of benzene rings is 1. The highest BCUT2D eigenvalue weighted by Gasteiger charge is 2.33. The average molecular weight is 422 g/mol. The molecule has 1 aliphatic heterocycles. The predicted molar refractivity (Wildman–Crippen MR) is 99.7 cm³/mol. The molecule has 1 aromatic rings. The van der Waals surface area contributed by atoms with Gasteiger partial charge < -0.3 is 10.6 Å². The summed E-state index contributed by atoms with van der Waals surface area (Å²) >= 11 is 5.55. The van der Waals surface area contributed by atoms with Crippen LogP contribution in [0.2, 0.25) is 5.02 Å². The first kappa shape index (κ1) is 22.4. The lowest BCUT2D eigenvalue weighted by Gasteiger charge is -2.22. The predicted octanol–water partition coefficient (Wildman–Crippen LogP) is 1.60. The summed E-state index contributed by atoms with van der Waals surface area (Å²) in [5.41, 5.74) is 5.00. The van der Waals surface area contributed by atoms with Crippen LogP contribution in [0.4, 0.5) is 18.9 Å². The van der Waals surface area contributed by atoms with Crippen LogP contribution < -0.4 is 21.5 Å².